The van der Waals surface area contributed by atoms with Gasteiger partial charge in [0.15, 0.2) is 0 Å². The fourth-order valence-corrected chi connectivity index (χ4v) is 0.295. The zero-order valence-corrected chi connectivity index (χ0v) is 5.03. The predicted molar refractivity (Wildman–Crippen MR) is 28.0 cm³/mol. The fourth-order valence-electron chi connectivity index (χ4n) is 0.0983. The van der Waals surface area contributed by atoms with Crippen LogP contribution in [-0.2, 0) is 9.73 Å². The summed E-state index contributed by atoms with van der Waals surface area (Å²) in [5.41, 5.74) is 0. The second-order valence-electron chi connectivity index (χ2n) is 1.37. The van der Waals surface area contributed by atoms with E-state index in [-0.39, 0.29) is 0 Å². The minimum absolute atomic E-state index is 1.41. The summed E-state index contributed by atoms with van der Waals surface area (Å²) < 4.78 is 13.5. The van der Waals surface area contributed by atoms with Crippen LogP contribution >= 0.6 is 0 Å². The zero-order chi connectivity index (χ0) is 5.91. The summed E-state index contributed by atoms with van der Waals surface area (Å²) in [5, 5.41) is 7.81. The Morgan fingerprint density at radius 3 is 2.14 bits per heavy atom. The lowest BCUT2D eigenvalue weighted by Crippen LogP contribution is -1.87. The average molecular weight is 118 g/mol. The molecule has 0 N–H and O–H groups in total. The first-order valence-corrected chi connectivity index (χ1v) is 3.94. The molecule has 0 aliphatic carbocycles. The van der Waals surface area contributed by atoms with E-state index in [0.29, 0.717) is 0 Å². The Morgan fingerprint density at radius 2 is 2.14 bits per heavy atom. The Kier molecular flexibility index (Phi) is 1.78. The molecule has 0 radical (unpaired) electrons. The number of rotatable bonds is 0. The molecule has 4 heteroatoms. The smallest absolute Gasteiger partial charge is 0.214 e. The van der Waals surface area contributed by atoms with E-state index in [0.717, 1.165) is 0 Å². The summed E-state index contributed by atoms with van der Waals surface area (Å²) >= 11 is 0. The summed E-state index contributed by atoms with van der Waals surface area (Å²) in [5.74, 6) is 0. The molecule has 40 valence electrons. The van der Waals surface area contributed by atoms with E-state index in [9.17, 15) is 4.21 Å². The van der Waals surface area contributed by atoms with Crippen molar-refractivity contribution in [3.63, 3.8) is 0 Å². The van der Waals surface area contributed by atoms with Gasteiger partial charge in [-0.05, 0) is 0 Å². The van der Waals surface area contributed by atoms with Gasteiger partial charge in [-0.1, -0.05) is 0 Å². The first-order chi connectivity index (χ1) is 3.06. The minimum Gasteiger partial charge on any atom is -0.249 e. The van der Waals surface area contributed by atoms with Crippen molar-refractivity contribution in [1.29, 1.82) is 5.26 Å². The topological polar surface area (TPSA) is 53.2 Å². The van der Waals surface area contributed by atoms with Gasteiger partial charge in [0.25, 0.3) is 0 Å². The van der Waals surface area contributed by atoms with Crippen LogP contribution in [0.4, 0.5) is 0 Å². The van der Waals surface area contributed by atoms with Crippen LogP contribution in [0, 0.1) is 11.5 Å². The second-order valence-corrected chi connectivity index (χ2v) is 3.92. The largest absolute Gasteiger partial charge is 0.249 e. The molecule has 0 saturated carbocycles. The predicted octanol–water partition coefficient (Wildman–Crippen LogP) is 0.195. The van der Waals surface area contributed by atoms with Crippen molar-refractivity contribution < 1.29 is 4.21 Å². The van der Waals surface area contributed by atoms with Gasteiger partial charge < -0.3 is 0 Å². The first kappa shape index (κ1) is 6.44. The molecule has 0 aromatic carbocycles. The summed E-state index contributed by atoms with van der Waals surface area (Å²) in [4.78, 5) is 0. The van der Waals surface area contributed by atoms with Crippen LogP contribution in [0.3, 0.4) is 0 Å². The molecular formula is C3H6N2OS. The lowest BCUT2D eigenvalue weighted by atomic mass is 11.5. The molecule has 0 rings (SSSR count). The molecule has 0 heterocycles. The molecule has 0 atom stereocenters. The van der Waals surface area contributed by atoms with E-state index in [1.807, 2.05) is 0 Å². The van der Waals surface area contributed by atoms with Crippen molar-refractivity contribution in [1.82, 2.24) is 0 Å². The lowest BCUT2D eigenvalue weighted by molar-refractivity contribution is 0.684. The average Bonchev–Trinajstić information content (AvgIpc) is 1.30. The van der Waals surface area contributed by atoms with Crippen molar-refractivity contribution in [3.05, 3.63) is 0 Å². The standard InChI is InChI=1S/C3H6N2OS/c1-7(2,6)5-3-4/h1-2H3. The zero-order valence-electron chi connectivity index (χ0n) is 4.21. The van der Waals surface area contributed by atoms with Gasteiger partial charge in [-0.2, -0.15) is 5.26 Å². The van der Waals surface area contributed by atoms with Crippen LogP contribution < -0.4 is 0 Å². The SMILES string of the molecule is CS(C)(=O)=NC#N. The molecule has 0 aliphatic rings. The lowest BCUT2D eigenvalue weighted by Gasteiger charge is -1.80. The van der Waals surface area contributed by atoms with Gasteiger partial charge in [-0.3, -0.25) is 0 Å². The summed E-state index contributed by atoms with van der Waals surface area (Å²) in [7, 11) is -2.16. The molecule has 0 fully saturated rings. The third kappa shape index (κ3) is 5.44. The van der Waals surface area contributed by atoms with Crippen LogP contribution in [-0.4, -0.2) is 16.7 Å². The molecule has 3 nitrogen and oxygen atoms in total. The normalized spacial score (nSPS) is 9.86. The van der Waals surface area contributed by atoms with E-state index in [2.05, 4.69) is 4.36 Å². The van der Waals surface area contributed by atoms with Gasteiger partial charge in [0, 0.05) is 12.5 Å². The molecule has 0 bridgehead atoms. The Labute approximate surface area is 43.1 Å². The maximum absolute atomic E-state index is 10.4. The van der Waals surface area contributed by atoms with Gasteiger partial charge in [0.1, 0.15) is 0 Å². The van der Waals surface area contributed by atoms with Gasteiger partial charge >= 0.3 is 0 Å². The van der Waals surface area contributed by atoms with Crippen molar-refractivity contribution in [2.45, 2.75) is 0 Å². The van der Waals surface area contributed by atoms with Gasteiger partial charge in [-0.15, -0.1) is 4.36 Å². The van der Waals surface area contributed by atoms with Crippen LogP contribution in [0.15, 0.2) is 4.36 Å². The Balaban J connectivity index is 4.43. The molecule has 0 saturated heterocycles. The van der Waals surface area contributed by atoms with Crippen LogP contribution in [0.25, 0.3) is 0 Å². The number of nitriles is 1. The quantitative estimate of drug-likeness (QED) is 0.426. The summed E-state index contributed by atoms with van der Waals surface area (Å²) in [6.45, 7) is 0. The van der Waals surface area contributed by atoms with E-state index in [4.69, 9.17) is 5.26 Å². The molecule has 0 amide bonds. The van der Waals surface area contributed by atoms with Crippen LogP contribution in [0.5, 0.6) is 0 Å². The maximum Gasteiger partial charge on any atom is 0.214 e. The molecular weight excluding hydrogens is 112 g/mol. The highest BCUT2D eigenvalue weighted by Gasteiger charge is 1.82. The van der Waals surface area contributed by atoms with E-state index < -0.39 is 9.73 Å². The van der Waals surface area contributed by atoms with Crippen LogP contribution in [0.2, 0.25) is 0 Å². The fraction of sp³-hybridized carbons (Fsp3) is 0.667. The Bertz CT molecular complexity index is 185. The van der Waals surface area contributed by atoms with Crippen LogP contribution in [0.1, 0.15) is 0 Å². The molecule has 0 unspecified atom stereocenters. The number of nitrogens with zero attached hydrogens (tertiary/aromatic N) is 2. The number of hydrogen-bond donors (Lipinski definition) is 0. The first-order valence-electron chi connectivity index (χ1n) is 1.61. The van der Waals surface area contributed by atoms with Gasteiger partial charge in [0.2, 0.25) is 6.19 Å². The van der Waals surface area contributed by atoms with E-state index in [1.54, 1.807) is 0 Å². The molecule has 0 aromatic rings. The Morgan fingerprint density at radius 1 is 1.71 bits per heavy atom. The third-order valence-corrected chi connectivity index (χ3v) is 0.782. The maximum atomic E-state index is 10.4. The molecule has 0 aromatic heterocycles. The summed E-state index contributed by atoms with van der Waals surface area (Å²) in [6.07, 6.45) is 4.28. The van der Waals surface area contributed by atoms with Gasteiger partial charge in [-0.25, -0.2) is 4.21 Å². The highest BCUT2D eigenvalue weighted by Crippen LogP contribution is 1.77. The second kappa shape index (κ2) is 1.94. The molecule has 0 aliphatic heterocycles. The van der Waals surface area contributed by atoms with Crippen molar-refractivity contribution >= 4 is 9.73 Å². The molecule has 7 heavy (non-hydrogen) atoms. The monoisotopic (exact) mass is 118 g/mol. The number of hydrogen-bond acceptors (Lipinski definition) is 3. The highest BCUT2D eigenvalue weighted by molar-refractivity contribution is 7.92. The highest BCUT2D eigenvalue weighted by atomic mass is 32.2. The van der Waals surface area contributed by atoms with Gasteiger partial charge in [0.05, 0.1) is 9.73 Å². The van der Waals surface area contributed by atoms with Crippen molar-refractivity contribution in [3.8, 4) is 6.19 Å². The van der Waals surface area contributed by atoms with E-state index in [1.165, 1.54) is 18.7 Å². The Hall–Kier alpha value is -0.560. The van der Waals surface area contributed by atoms with Crippen molar-refractivity contribution in [2.24, 2.45) is 4.36 Å². The van der Waals surface area contributed by atoms with Crippen molar-refractivity contribution in [2.75, 3.05) is 12.5 Å². The summed E-state index contributed by atoms with van der Waals surface area (Å²) in [6, 6.07) is 0. The van der Waals surface area contributed by atoms with E-state index >= 15 is 0 Å². The minimum atomic E-state index is -2.16. The molecule has 0 spiro atoms. The third-order valence-electron chi connectivity index (χ3n) is 0.261.